The molecular formula is C17H18NS+. The molecular weight excluding hydrogens is 250 g/mol. The van der Waals surface area contributed by atoms with Crippen molar-refractivity contribution in [2.24, 2.45) is 0 Å². The second-order valence-corrected chi connectivity index (χ2v) is 6.86. The summed E-state index contributed by atoms with van der Waals surface area (Å²) in [4.78, 5) is 4.57. The molecule has 0 amide bonds. The maximum atomic E-state index is 2.32. The zero-order valence-electron chi connectivity index (χ0n) is 11.1. The van der Waals surface area contributed by atoms with Crippen LogP contribution in [0.4, 0.5) is 0 Å². The lowest BCUT2D eigenvalue weighted by Crippen LogP contribution is -3.09. The number of fused-ring (bicyclic) bond motifs is 1. The molecule has 0 radical (unpaired) electrons. The van der Waals surface area contributed by atoms with E-state index in [0.717, 1.165) is 0 Å². The topological polar surface area (TPSA) is 4.44 Å². The Morgan fingerprint density at radius 1 is 1.00 bits per heavy atom. The summed E-state index contributed by atoms with van der Waals surface area (Å²) in [5.74, 6) is 0.691. The summed E-state index contributed by atoms with van der Waals surface area (Å²) >= 11 is 1.96. The SMILES string of the molecule is C[NH+]1Cc2cccc3c2[C@H](Cc2ccccc2S3)C1. The third-order valence-electron chi connectivity index (χ3n) is 4.31. The first kappa shape index (κ1) is 11.6. The van der Waals surface area contributed by atoms with Crippen LogP contribution in [0, 0.1) is 0 Å². The minimum Gasteiger partial charge on any atom is -0.333 e. The van der Waals surface area contributed by atoms with Crippen molar-refractivity contribution >= 4 is 11.8 Å². The molecule has 2 aliphatic heterocycles. The van der Waals surface area contributed by atoms with Gasteiger partial charge in [0.15, 0.2) is 0 Å². The third kappa shape index (κ3) is 1.90. The lowest BCUT2D eigenvalue weighted by atomic mass is 9.85. The Balaban J connectivity index is 1.91. The van der Waals surface area contributed by atoms with E-state index in [-0.39, 0.29) is 0 Å². The fourth-order valence-electron chi connectivity index (χ4n) is 3.55. The first-order valence-corrected chi connectivity index (χ1v) is 7.82. The van der Waals surface area contributed by atoms with Gasteiger partial charge in [-0.2, -0.15) is 0 Å². The van der Waals surface area contributed by atoms with Gasteiger partial charge >= 0.3 is 0 Å². The number of benzene rings is 2. The maximum absolute atomic E-state index is 2.32. The molecule has 2 aromatic rings. The zero-order chi connectivity index (χ0) is 12.8. The minimum atomic E-state index is 0.691. The molecule has 2 atom stereocenters. The number of nitrogens with one attached hydrogen (secondary N) is 1. The average molecular weight is 268 g/mol. The van der Waals surface area contributed by atoms with E-state index in [4.69, 9.17) is 0 Å². The van der Waals surface area contributed by atoms with Crippen LogP contribution in [0.2, 0.25) is 0 Å². The standard InChI is InChI=1S/C17H17NS/c1-18-10-13-6-4-8-16-17(13)14(11-18)9-12-5-2-3-7-15(12)19-16/h2-8,14H,9-11H2,1H3/p+1/t14-/m1/s1. The predicted molar refractivity (Wildman–Crippen MR) is 78.9 cm³/mol. The second kappa shape index (κ2) is 4.39. The molecule has 19 heavy (non-hydrogen) atoms. The quantitative estimate of drug-likeness (QED) is 0.769. The van der Waals surface area contributed by atoms with E-state index in [9.17, 15) is 0 Å². The average Bonchev–Trinajstić information content (AvgIpc) is 2.55. The van der Waals surface area contributed by atoms with Crippen molar-refractivity contribution in [3.8, 4) is 0 Å². The van der Waals surface area contributed by atoms with Gasteiger partial charge in [-0.1, -0.05) is 42.1 Å². The number of hydrogen-bond donors (Lipinski definition) is 1. The Bertz CT molecular complexity index is 635. The molecule has 0 fully saturated rings. The smallest absolute Gasteiger partial charge is 0.103 e. The van der Waals surface area contributed by atoms with E-state index < -0.39 is 0 Å². The van der Waals surface area contributed by atoms with Gasteiger partial charge < -0.3 is 4.90 Å². The molecule has 96 valence electrons. The van der Waals surface area contributed by atoms with Gasteiger partial charge in [0, 0.05) is 21.3 Å². The van der Waals surface area contributed by atoms with Gasteiger partial charge in [-0.05, 0) is 29.7 Å². The van der Waals surface area contributed by atoms with E-state index >= 15 is 0 Å². The van der Waals surface area contributed by atoms with Crippen LogP contribution in [0.5, 0.6) is 0 Å². The summed E-state index contributed by atoms with van der Waals surface area (Å²) in [5.41, 5.74) is 4.72. The highest BCUT2D eigenvalue weighted by Gasteiger charge is 2.31. The normalized spacial score (nSPS) is 24.3. The van der Waals surface area contributed by atoms with Crippen molar-refractivity contribution in [3.05, 3.63) is 59.2 Å². The van der Waals surface area contributed by atoms with Crippen molar-refractivity contribution in [1.82, 2.24) is 0 Å². The predicted octanol–water partition coefficient (Wildman–Crippen LogP) is 2.51. The zero-order valence-corrected chi connectivity index (χ0v) is 12.0. The first-order chi connectivity index (χ1) is 9.31. The van der Waals surface area contributed by atoms with Crippen LogP contribution in [0.3, 0.4) is 0 Å². The van der Waals surface area contributed by atoms with Crippen molar-refractivity contribution in [2.75, 3.05) is 13.6 Å². The van der Waals surface area contributed by atoms with Gasteiger partial charge in [0.1, 0.15) is 6.54 Å². The van der Waals surface area contributed by atoms with E-state index in [0.29, 0.717) is 5.92 Å². The lowest BCUT2D eigenvalue weighted by Gasteiger charge is -2.30. The Kier molecular flexibility index (Phi) is 2.68. The van der Waals surface area contributed by atoms with E-state index in [2.05, 4.69) is 49.5 Å². The van der Waals surface area contributed by atoms with Gasteiger partial charge in [-0.15, -0.1) is 0 Å². The molecule has 0 saturated heterocycles. The summed E-state index contributed by atoms with van der Waals surface area (Å²) in [5, 5.41) is 0. The Labute approximate surface area is 118 Å². The fraction of sp³-hybridized carbons (Fsp3) is 0.294. The highest BCUT2D eigenvalue weighted by molar-refractivity contribution is 7.99. The number of hydrogen-bond acceptors (Lipinski definition) is 1. The molecule has 1 N–H and O–H groups in total. The fourth-order valence-corrected chi connectivity index (χ4v) is 4.77. The van der Waals surface area contributed by atoms with Crippen molar-refractivity contribution in [3.63, 3.8) is 0 Å². The van der Waals surface area contributed by atoms with Crippen molar-refractivity contribution < 1.29 is 4.90 Å². The van der Waals surface area contributed by atoms with Crippen LogP contribution >= 0.6 is 11.8 Å². The molecule has 1 nitrogen and oxygen atoms in total. The van der Waals surface area contributed by atoms with E-state index in [1.54, 1.807) is 16.0 Å². The Hall–Kier alpha value is -1.25. The molecule has 2 aliphatic rings. The van der Waals surface area contributed by atoms with E-state index in [1.807, 2.05) is 11.8 Å². The molecule has 4 rings (SSSR count). The number of likely N-dealkylation sites (N-methyl/N-ethyl adjacent to an activating group) is 1. The maximum Gasteiger partial charge on any atom is 0.103 e. The summed E-state index contributed by atoms with van der Waals surface area (Å²) in [6.45, 7) is 2.44. The highest BCUT2D eigenvalue weighted by atomic mass is 32.2. The van der Waals surface area contributed by atoms with Crippen LogP contribution in [-0.2, 0) is 13.0 Å². The van der Waals surface area contributed by atoms with Gasteiger partial charge in [0.25, 0.3) is 0 Å². The Morgan fingerprint density at radius 3 is 2.74 bits per heavy atom. The molecule has 2 heterocycles. The van der Waals surface area contributed by atoms with Gasteiger partial charge in [0.2, 0.25) is 0 Å². The molecule has 0 aromatic heterocycles. The van der Waals surface area contributed by atoms with Crippen LogP contribution in [-0.4, -0.2) is 13.6 Å². The van der Waals surface area contributed by atoms with Crippen LogP contribution in [0.15, 0.2) is 52.3 Å². The van der Waals surface area contributed by atoms with Crippen molar-refractivity contribution in [1.29, 1.82) is 0 Å². The molecule has 2 heteroatoms. The largest absolute Gasteiger partial charge is 0.333 e. The minimum absolute atomic E-state index is 0.691. The highest BCUT2D eigenvalue weighted by Crippen LogP contribution is 2.43. The Morgan fingerprint density at radius 2 is 1.79 bits per heavy atom. The van der Waals surface area contributed by atoms with Gasteiger partial charge in [-0.25, -0.2) is 0 Å². The van der Waals surface area contributed by atoms with Crippen LogP contribution < -0.4 is 4.90 Å². The molecule has 2 aromatic carbocycles. The lowest BCUT2D eigenvalue weighted by molar-refractivity contribution is -0.897. The number of quaternary nitrogens is 1. The molecule has 1 unspecified atom stereocenters. The summed E-state index contributed by atoms with van der Waals surface area (Å²) < 4.78 is 0. The molecule has 0 bridgehead atoms. The molecule has 0 aliphatic carbocycles. The van der Waals surface area contributed by atoms with E-state index in [1.165, 1.54) is 34.9 Å². The summed E-state index contributed by atoms with van der Waals surface area (Å²) in [6.07, 6.45) is 1.20. The van der Waals surface area contributed by atoms with Gasteiger partial charge in [-0.3, -0.25) is 0 Å². The summed E-state index contributed by atoms with van der Waals surface area (Å²) in [7, 11) is 2.32. The van der Waals surface area contributed by atoms with Crippen LogP contribution in [0.1, 0.15) is 22.6 Å². The molecule has 0 saturated carbocycles. The first-order valence-electron chi connectivity index (χ1n) is 7.00. The van der Waals surface area contributed by atoms with Crippen molar-refractivity contribution in [2.45, 2.75) is 28.7 Å². The van der Waals surface area contributed by atoms with Gasteiger partial charge in [0.05, 0.1) is 13.6 Å². The van der Waals surface area contributed by atoms with Crippen LogP contribution in [0.25, 0.3) is 0 Å². The summed E-state index contributed by atoms with van der Waals surface area (Å²) in [6, 6.07) is 15.8. The third-order valence-corrected chi connectivity index (χ3v) is 5.50. The second-order valence-electron chi connectivity index (χ2n) is 5.78. The monoisotopic (exact) mass is 268 g/mol. The number of rotatable bonds is 0. The molecule has 0 spiro atoms.